The van der Waals surface area contributed by atoms with Crippen molar-refractivity contribution < 1.29 is 0 Å². The Morgan fingerprint density at radius 3 is 0.920 bits per heavy atom. The van der Waals surface area contributed by atoms with E-state index in [1.54, 1.807) is 23.5 Å². The van der Waals surface area contributed by atoms with Gasteiger partial charge in [0.25, 0.3) is 0 Å². The van der Waals surface area contributed by atoms with Gasteiger partial charge in [-0.25, -0.2) is 0 Å². The highest BCUT2D eigenvalue weighted by atomic mass is 32.7. The molecule has 0 amide bonds. The van der Waals surface area contributed by atoms with E-state index in [0.717, 1.165) is 107 Å². The second-order valence-corrected chi connectivity index (χ2v) is 47.9. The molecule has 4 N–H and O–H groups in total. The summed E-state index contributed by atoms with van der Waals surface area (Å²) in [6, 6.07) is 32.1. The van der Waals surface area contributed by atoms with E-state index in [1.165, 1.54) is 132 Å². The van der Waals surface area contributed by atoms with Gasteiger partial charge in [0.1, 0.15) is 0 Å². The SMILES string of the molecule is C.CSC(Cc1c(C)cccc1C)=NCCCCCN=C(Cc1c(C)cccc1C)SC.Cc1cccc(C)c1CC(=S)CCCCCCCC(=S)Cc1c(C)cccc1C.Cc1cccc(C)c1N=C=S.NCCCCCN.PP(P)P.PP(P)P. The molecule has 0 radical (unpaired) electrons. The molecule has 0 bridgehead atoms. The van der Waals surface area contributed by atoms with Crippen LogP contribution in [0.2, 0.25) is 0 Å². The Bertz CT molecular complexity index is 2560. The standard InChI is InChI=1S/C27H38N2S2.C27H36S2.C9H9NS.C5H14N2.CH4.2H6P4/c1-20-12-10-13-21(2)24(20)18-26(30-5)28-16-8-7-9-17-29-27(31-6)19-25-22(3)14-11-15-23(25)4;1-20-12-10-13-21(2)26(20)18-24(28)16-8-6-5-7-9-17-25(29)19-27-22(3)14-11-15-23(27)4;1-7-4-3-5-8(2)9(7)10-6-11;6-4-2-1-3-5-7;;2*1-4(2)3/h10-15H,7-9,16-19H2,1-6H3;10-15H,5-9,16-19H2,1-4H3;3-5H,1-2H3;1-7H2;1H4;2*1-3H2. The molecule has 6 unspecified atom stereocenters. The number of aryl methyl sites for hydroxylation is 10. The van der Waals surface area contributed by atoms with Gasteiger partial charge in [-0.15, -0.1) is 77.1 Å². The van der Waals surface area contributed by atoms with Crippen LogP contribution >= 0.6 is 128 Å². The number of aliphatic imine (C=N–C) groups is 3. The molecule has 5 aromatic rings. The lowest BCUT2D eigenvalue weighted by Crippen LogP contribution is -2.04. The van der Waals surface area contributed by atoms with Gasteiger partial charge < -0.3 is 11.5 Å². The van der Waals surface area contributed by atoms with Gasteiger partial charge >= 0.3 is 0 Å². The minimum absolute atomic E-state index is 0. The van der Waals surface area contributed by atoms with Gasteiger partial charge in [0.2, 0.25) is 0 Å². The average Bonchev–Trinajstić information content (AvgIpc) is 3.35. The zero-order valence-electron chi connectivity index (χ0n) is 54.4. The van der Waals surface area contributed by atoms with Crippen LogP contribution in [0.15, 0.2) is 106 Å². The zero-order valence-corrected chi connectivity index (χ0v) is 67.2. The third-order valence-electron chi connectivity index (χ3n) is 14.3. The minimum atomic E-state index is 0. The highest BCUT2D eigenvalue weighted by Crippen LogP contribution is 2.60. The van der Waals surface area contributed by atoms with Gasteiger partial charge in [0, 0.05) is 38.8 Å². The molecule has 18 heteroatoms. The molecule has 5 nitrogen and oxygen atoms in total. The summed E-state index contributed by atoms with van der Waals surface area (Å²) in [5.41, 5.74) is 30.3. The topological polar surface area (TPSA) is 89.1 Å². The Balaban J connectivity index is 0. The van der Waals surface area contributed by atoms with E-state index in [1.807, 2.05) is 32.0 Å². The van der Waals surface area contributed by atoms with Crippen molar-refractivity contribution in [2.24, 2.45) is 26.4 Å². The molecular formula is C69H113N5P8S5. The molecule has 0 aromatic heterocycles. The molecule has 0 saturated carbocycles. The molecule has 484 valence electrons. The van der Waals surface area contributed by atoms with Crippen LogP contribution in [-0.2, 0) is 25.7 Å². The highest BCUT2D eigenvalue weighted by molar-refractivity contribution is 8.66. The first-order valence-corrected chi connectivity index (χ1v) is 46.1. The van der Waals surface area contributed by atoms with Crippen molar-refractivity contribution in [3.05, 3.63) is 169 Å². The fraction of sp³-hybridized carbons (Fsp3) is 0.493. The Morgan fingerprint density at radius 1 is 0.414 bits per heavy atom. The van der Waals surface area contributed by atoms with E-state index >= 15 is 0 Å². The van der Waals surface area contributed by atoms with Crippen molar-refractivity contribution in [2.75, 3.05) is 38.7 Å². The highest BCUT2D eigenvalue weighted by Gasteiger charge is 2.10. The number of rotatable bonds is 27. The number of nitrogens with two attached hydrogens (primary N) is 2. The Labute approximate surface area is 573 Å². The Kier molecular flexibility index (Phi) is 56.9. The van der Waals surface area contributed by atoms with E-state index in [-0.39, 0.29) is 21.4 Å². The smallest absolute Gasteiger partial charge is 0.0797 e. The number of benzene rings is 5. The summed E-state index contributed by atoms with van der Waals surface area (Å²) in [6.07, 6.45) is 23.4. The van der Waals surface area contributed by atoms with Crippen LogP contribution in [0.4, 0.5) is 5.69 Å². The summed E-state index contributed by atoms with van der Waals surface area (Å²) in [4.78, 5) is 16.1. The van der Waals surface area contributed by atoms with Crippen LogP contribution in [0.3, 0.4) is 0 Å². The van der Waals surface area contributed by atoms with Crippen LogP contribution in [-0.4, -0.2) is 63.7 Å². The summed E-state index contributed by atoms with van der Waals surface area (Å²) in [6.45, 7) is 25.3. The van der Waals surface area contributed by atoms with E-state index < -0.39 is 0 Å². The van der Waals surface area contributed by atoms with Crippen molar-refractivity contribution in [2.45, 2.75) is 186 Å². The number of hydrogen-bond donors (Lipinski definition) is 2. The number of unbranched alkanes of at least 4 members (excludes halogenated alkanes) is 8. The quantitative estimate of drug-likeness (QED) is 0.0178. The molecule has 5 rings (SSSR count). The molecule has 0 aliphatic heterocycles. The van der Waals surface area contributed by atoms with Crippen LogP contribution in [0.5, 0.6) is 0 Å². The molecule has 0 saturated heterocycles. The van der Waals surface area contributed by atoms with E-state index in [2.05, 4.69) is 217 Å². The van der Waals surface area contributed by atoms with E-state index in [0.29, 0.717) is 0 Å². The normalized spacial score (nSPS) is 10.8. The summed E-state index contributed by atoms with van der Waals surface area (Å²) in [7, 11) is 15.9. The molecule has 0 heterocycles. The number of thioether (sulfide) groups is 2. The van der Waals surface area contributed by atoms with Gasteiger partial charge in [0.15, 0.2) is 0 Å². The summed E-state index contributed by atoms with van der Waals surface area (Å²) >= 11 is 19.4. The van der Waals surface area contributed by atoms with Gasteiger partial charge in [-0.05, 0) is 266 Å². The first kappa shape index (κ1) is 88.5. The lowest BCUT2D eigenvalue weighted by atomic mass is 9.96. The molecule has 0 fully saturated rings. The molecular weight excluding hydrogens is 1310 g/mol. The second-order valence-electron chi connectivity index (χ2n) is 21.5. The van der Waals surface area contributed by atoms with Gasteiger partial charge in [-0.3, -0.25) is 9.98 Å². The molecule has 0 aliphatic carbocycles. The fourth-order valence-electron chi connectivity index (χ4n) is 9.25. The fourth-order valence-corrected chi connectivity index (χ4v) is 10.9. The largest absolute Gasteiger partial charge is 0.330 e. The van der Waals surface area contributed by atoms with Crippen LogP contribution in [0.1, 0.15) is 169 Å². The second kappa shape index (κ2) is 55.9. The molecule has 5 aromatic carbocycles. The number of nitrogens with zero attached hydrogens (tertiary/aromatic N) is 3. The van der Waals surface area contributed by atoms with Crippen molar-refractivity contribution >= 4 is 158 Å². The lowest BCUT2D eigenvalue weighted by Gasteiger charge is -2.11. The minimum Gasteiger partial charge on any atom is -0.330 e. The van der Waals surface area contributed by atoms with Gasteiger partial charge in [0.05, 0.1) is 20.9 Å². The number of para-hydroxylation sites is 1. The van der Waals surface area contributed by atoms with Crippen molar-refractivity contribution in [1.29, 1.82) is 0 Å². The number of isothiocyanates is 1. The average molecular weight is 1420 g/mol. The molecule has 87 heavy (non-hydrogen) atoms. The van der Waals surface area contributed by atoms with Crippen LogP contribution in [0, 0.1) is 69.2 Å². The predicted octanol–water partition coefficient (Wildman–Crippen LogP) is 23.0. The summed E-state index contributed by atoms with van der Waals surface area (Å²) in [5.74, 6) is 0. The lowest BCUT2D eigenvalue weighted by molar-refractivity contribution is 0.632. The van der Waals surface area contributed by atoms with Crippen molar-refractivity contribution in [3.63, 3.8) is 0 Å². The molecule has 0 spiro atoms. The van der Waals surface area contributed by atoms with Gasteiger partial charge in [-0.2, -0.15) is 4.99 Å². The van der Waals surface area contributed by atoms with Crippen LogP contribution in [0.25, 0.3) is 0 Å². The maximum atomic E-state index is 5.66. The molecule has 6 atom stereocenters. The predicted molar refractivity (Wildman–Crippen MR) is 443 cm³/mol. The third-order valence-corrected chi connectivity index (χ3v) is 16.5. The third kappa shape index (κ3) is 43.9. The number of thiocarbonyl (C=S) groups is 3. The zero-order chi connectivity index (χ0) is 64.8. The maximum absolute atomic E-state index is 5.66. The monoisotopic (exact) mass is 1420 g/mol. The van der Waals surface area contributed by atoms with E-state index in [9.17, 15) is 0 Å². The van der Waals surface area contributed by atoms with Crippen LogP contribution < -0.4 is 11.5 Å². The van der Waals surface area contributed by atoms with E-state index in [4.69, 9.17) is 45.9 Å². The summed E-state index contributed by atoms with van der Waals surface area (Å²) < 4.78 is 0. The maximum Gasteiger partial charge on any atom is 0.0797 e. The first-order valence-electron chi connectivity index (χ1n) is 30.0. The first-order chi connectivity index (χ1) is 41.0. The Morgan fingerprint density at radius 2 is 0.655 bits per heavy atom. The summed E-state index contributed by atoms with van der Waals surface area (Å²) in [5, 5.41) is 4.86. The van der Waals surface area contributed by atoms with Crippen molar-refractivity contribution in [1.82, 2.24) is 0 Å². The Hall–Kier alpha value is -0.520. The molecule has 0 aliphatic rings. The number of hydrogen-bond acceptors (Lipinski definition) is 10. The van der Waals surface area contributed by atoms with Crippen molar-refractivity contribution in [3.8, 4) is 0 Å². The van der Waals surface area contributed by atoms with Gasteiger partial charge in [-0.1, -0.05) is 149 Å².